The second kappa shape index (κ2) is 3.96. The van der Waals surface area contributed by atoms with Gasteiger partial charge in [-0.1, -0.05) is 15.9 Å². The van der Waals surface area contributed by atoms with E-state index in [1.807, 2.05) is 0 Å². The number of anilines is 1. The maximum atomic E-state index is 12.4. The number of halogens is 6. The molecular weight excluding hydrogens is 285 g/mol. The molecule has 0 saturated carbocycles. The molecule has 0 unspecified atom stereocenters. The van der Waals surface area contributed by atoms with Gasteiger partial charge in [0, 0.05) is 15.7 Å². The summed E-state index contributed by atoms with van der Waals surface area (Å²) in [6.07, 6.45) is -8.06. The average Bonchev–Trinajstić information content (AvgIpc) is 1.99. The molecular formula is C8H5BrF5N. The first-order valence-corrected chi connectivity index (χ1v) is 4.47. The van der Waals surface area contributed by atoms with Crippen LogP contribution in [0.2, 0.25) is 0 Å². The van der Waals surface area contributed by atoms with Crippen molar-refractivity contribution >= 4 is 21.6 Å². The van der Waals surface area contributed by atoms with E-state index in [0.717, 1.165) is 6.07 Å². The van der Waals surface area contributed by atoms with Crippen molar-refractivity contribution in [1.82, 2.24) is 0 Å². The van der Waals surface area contributed by atoms with Gasteiger partial charge in [-0.25, -0.2) is 8.78 Å². The molecule has 0 saturated heterocycles. The van der Waals surface area contributed by atoms with Crippen LogP contribution >= 0.6 is 15.9 Å². The standard InChI is InChI=1S/C8H5BrF5N/c9-5-2-3(15)1-4(7(10)11)6(5)8(12,13)14/h1-2,7H,15H2. The Kier molecular flexibility index (Phi) is 3.22. The van der Waals surface area contributed by atoms with Crippen molar-refractivity contribution in [3.05, 3.63) is 27.7 Å². The Morgan fingerprint density at radius 3 is 2.13 bits per heavy atom. The van der Waals surface area contributed by atoms with Crippen LogP contribution in [-0.2, 0) is 6.18 Å². The van der Waals surface area contributed by atoms with Crippen LogP contribution in [0.5, 0.6) is 0 Å². The molecule has 0 fully saturated rings. The third kappa shape index (κ3) is 2.58. The summed E-state index contributed by atoms with van der Waals surface area (Å²) in [5.41, 5.74) is 2.53. The fraction of sp³-hybridized carbons (Fsp3) is 0.250. The molecule has 0 heterocycles. The summed E-state index contributed by atoms with van der Waals surface area (Å²) >= 11 is 2.57. The normalized spacial score (nSPS) is 12.2. The van der Waals surface area contributed by atoms with Crippen LogP contribution < -0.4 is 5.73 Å². The molecule has 0 spiro atoms. The molecule has 15 heavy (non-hydrogen) atoms. The van der Waals surface area contributed by atoms with Gasteiger partial charge in [-0.3, -0.25) is 0 Å². The van der Waals surface area contributed by atoms with Gasteiger partial charge in [0.1, 0.15) is 0 Å². The summed E-state index contributed by atoms with van der Waals surface area (Å²) in [6, 6.07) is 1.56. The number of alkyl halides is 5. The maximum Gasteiger partial charge on any atom is 0.417 e. The van der Waals surface area contributed by atoms with Crippen molar-refractivity contribution < 1.29 is 22.0 Å². The molecule has 1 rings (SSSR count). The van der Waals surface area contributed by atoms with Crippen molar-refractivity contribution in [3.8, 4) is 0 Å². The molecule has 7 heteroatoms. The molecule has 0 amide bonds. The lowest BCUT2D eigenvalue weighted by molar-refractivity contribution is -0.140. The van der Waals surface area contributed by atoms with E-state index in [1.165, 1.54) is 0 Å². The number of rotatable bonds is 1. The van der Waals surface area contributed by atoms with E-state index in [9.17, 15) is 22.0 Å². The quantitative estimate of drug-likeness (QED) is 0.614. The molecule has 1 nitrogen and oxygen atoms in total. The molecule has 0 aliphatic carbocycles. The fourth-order valence-electron chi connectivity index (χ4n) is 1.12. The van der Waals surface area contributed by atoms with Crippen molar-refractivity contribution in [2.45, 2.75) is 12.6 Å². The SMILES string of the molecule is Nc1cc(Br)c(C(F)(F)F)c(C(F)F)c1. The Labute approximate surface area is 90.2 Å². The molecule has 0 bridgehead atoms. The minimum atomic E-state index is -4.84. The summed E-state index contributed by atoms with van der Waals surface area (Å²) in [6.45, 7) is 0. The lowest BCUT2D eigenvalue weighted by Gasteiger charge is -2.14. The fourth-order valence-corrected chi connectivity index (χ4v) is 1.84. The summed E-state index contributed by atoms with van der Waals surface area (Å²) in [5, 5.41) is 0. The highest BCUT2D eigenvalue weighted by molar-refractivity contribution is 9.10. The first-order valence-electron chi connectivity index (χ1n) is 3.67. The summed E-state index contributed by atoms with van der Waals surface area (Å²) in [4.78, 5) is 0. The molecule has 84 valence electrons. The topological polar surface area (TPSA) is 26.0 Å². The number of hydrogen-bond acceptors (Lipinski definition) is 1. The first kappa shape index (κ1) is 12.2. The van der Waals surface area contributed by atoms with Crippen molar-refractivity contribution in [3.63, 3.8) is 0 Å². The largest absolute Gasteiger partial charge is 0.417 e. The smallest absolute Gasteiger partial charge is 0.399 e. The van der Waals surface area contributed by atoms with Gasteiger partial charge in [-0.2, -0.15) is 13.2 Å². The molecule has 0 atom stereocenters. The van der Waals surface area contributed by atoms with Gasteiger partial charge in [-0.05, 0) is 12.1 Å². The van der Waals surface area contributed by atoms with Gasteiger partial charge in [0.05, 0.1) is 5.56 Å². The van der Waals surface area contributed by atoms with Crippen LogP contribution in [0.25, 0.3) is 0 Å². The Morgan fingerprint density at radius 1 is 1.20 bits per heavy atom. The van der Waals surface area contributed by atoms with Crippen molar-refractivity contribution in [2.75, 3.05) is 5.73 Å². The molecule has 0 aliphatic heterocycles. The zero-order valence-electron chi connectivity index (χ0n) is 7.08. The molecule has 1 aromatic carbocycles. The minimum Gasteiger partial charge on any atom is -0.399 e. The van der Waals surface area contributed by atoms with E-state index in [4.69, 9.17) is 5.73 Å². The highest BCUT2D eigenvalue weighted by atomic mass is 79.9. The average molecular weight is 290 g/mol. The number of benzene rings is 1. The molecule has 2 N–H and O–H groups in total. The lowest BCUT2D eigenvalue weighted by Crippen LogP contribution is -2.11. The van der Waals surface area contributed by atoms with E-state index < -0.39 is 28.2 Å². The minimum absolute atomic E-state index is 0.148. The van der Waals surface area contributed by atoms with Gasteiger partial charge >= 0.3 is 6.18 Å². The predicted octanol–water partition coefficient (Wildman–Crippen LogP) is 3.99. The van der Waals surface area contributed by atoms with Crippen molar-refractivity contribution in [2.24, 2.45) is 0 Å². The highest BCUT2D eigenvalue weighted by Crippen LogP contribution is 2.41. The Hall–Kier alpha value is -0.850. The van der Waals surface area contributed by atoms with E-state index in [1.54, 1.807) is 0 Å². The maximum absolute atomic E-state index is 12.4. The zero-order chi connectivity index (χ0) is 11.8. The van der Waals surface area contributed by atoms with Gasteiger partial charge in [0.15, 0.2) is 0 Å². The predicted molar refractivity (Wildman–Crippen MR) is 48.5 cm³/mol. The van der Waals surface area contributed by atoms with Crippen LogP contribution in [0.1, 0.15) is 17.6 Å². The van der Waals surface area contributed by atoms with Gasteiger partial charge in [0.2, 0.25) is 0 Å². The molecule has 1 aromatic rings. The summed E-state index contributed by atoms with van der Waals surface area (Å²) in [7, 11) is 0. The molecule has 0 aliphatic rings. The van der Waals surface area contributed by atoms with Gasteiger partial charge in [0.25, 0.3) is 6.43 Å². The second-order valence-corrected chi connectivity index (χ2v) is 3.62. The van der Waals surface area contributed by atoms with E-state index in [2.05, 4.69) is 15.9 Å². The Bertz CT molecular complexity index is 374. The monoisotopic (exact) mass is 289 g/mol. The van der Waals surface area contributed by atoms with Gasteiger partial charge < -0.3 is 5.73 Å². The number of nitrogen functional groups attached to an aromatic ring is 1. The van der Waals surface area contributed by atoms with Gasteiger partial charge in [-0.15, -0.1) is 0 Å². The number of nitrogens with two attached hydrogens (primary N) is 1. The van der Waals surface area contributed by atoms with Crippen LogP contribution in [0, 0.1) is 0 Å². The van der Waals surface area contributed by atoms with Crippen LogP contribution in [-0.4, -0.2) is 0 Å². The van der Waals surface area contributed by atoms with E-state index in [0.29, 0.717) is 6.07 Å². The summed E-state index contributed by atoms with van der Waals surface area (Å²) in [5.74, 6) is 0. The van der Waals surface area contributed by atoms with Crippen LogP contribution in [0.3, 0.4) is 0 Å². The van der Waals surface area contributed by atoms with Crippen LogP contribution in [0.15, 0.2) is 16.6 Å². The Balaban J connectivity index is 3.48. The molecule has 0 radical (unpaired) electrons. The third-order valence-corrected chi connectivity index (χ3v) is 2.29. The third-order valence-electron chi connectivity index (χ3n) is 1.66. The number of hydrogen-bond donors (Lipinski definition) is 1. The van der Waals surface area contributed by atoms with Crippen molar-refractivity contribution in [1.29, 1.82) is 0 Å². The first-order chi connectivity index (χ1) is 6.73. The summed E-state index contributed by atoms with van der Waals surface area (Å²) < 4.78 is 61.4. The second-order valence-electron chi connectivity index (χ2n) is 2.77. The van der Waals surface area contributed by atoms with E-state index in [-0.39, 0.29) is 5.69 Å². The van der Waals surface area contributed by atoms with E-state index >= 15 is 0 Å². The zero-order valence-corrected chi connectivity index (χ0v) is 8.66. The highest BCUT2D eigenvalue weighted by Gasteiger charge is 2.38. The lowest BCUT2D eigenvalue weighted by atomic mass is 10.1. The molecule has 0 aromatic heterocycles. The van der Waals surface area contributed by atoms with Crippen LogP contribution in [0.4, 0.5) is 27.6 Å². The Morgan fingerprint density at radius 2 is 1.73 bits per heavy atom.